The van der Waals surface area contributed by atoms with Crippen LogP contribution in [0.5, 0.6) is 0 Å². The monoisotopic (exact) mass is 267 g/mol. The summed E-state index contributed by atoms with van der Waals surface area (Å²) < 4.78 is 1.27. The van der Waals surface area contributed by atoms with Gasteiger partial charge in [0.05, 0.1) is 25.0 Å². The fourth-order valence-corrected chi connectivity index (χ4v) is 2.17. The molecular weight excluding hydrogens is 250 g/mol. The Hall–Kier alpha value is -1.96. The molecule has 1 amide bonds. The van der Waals surface area contributed by atoms with Crippen molar-refractivity contribution >= 4 is 11.7 Å². The van der Waals surface area contributed by atoms with E-state index in [1.807, 2.05) is 0 Å². The summed E-state index contributed by atoms with van der Waals surface area (Å²) in [6, 6.07) is 0. The second kappa shape index (κ2) is 5.79. The first-order valence-corrected chi connectivity index (χ1v) is 6.26. The van der Waals surface area contributed by atoms with Gasteiger partial charge in [-0.15, -0.1) is 0 Å². The molecule has 19 heavy (non-hydrogen) atoms. The van der Waals surface area contributed by atoms with Crippen molar-refractivity contribution in [2.24, 2.45) is 7.05 Å². The molecule has 1 N–H and O–H groups in total. The van der Waals surface area contributed by atoms with Gasteiger partial charge in [-0.3, -0.25) is 9.69 Å². The normalized spacial score (nSPS) is 16.3. The number of aryl methyl sites for hydroxylation is 1. The van der Waals surface area contributed by atoms with Crippen LogP contribution in [0, 0.1) is 10.1 Å². The number of amides is 1. The average molecular weight is 267 g/mol. The fraction of sp³-hybridized carbons (Fsp3) is 0.636. The molecule has 0 spiro atoms. The van der Waals surface area contributed by atoms with Gasteiger partial charge in [0.2, 0.25) is 0 Å². The number of nitrogens with one attached hydrogen (secondary N) is 1. The number of rotatable bonds is 4. The third-order valence-corrected chi connectivity index (χ3v) is 3.14. The molecule has 2 heterocycles. The van der Waals surface area contributed by atoms with E-state index in [0.717, 1.165) is 25.9 Å². The fourth-order valence-electron chi connectivity index (χ4n) is 2.17. The molecule has 1 aliphatic heterocycles. The van der Waals surface area contributed by atoms with Crippen molar-refractivity contribution in [2.45, 2.75) is 19.3 Å². The Kier molecular flexibility index (Phi) is 4.10. The number of hydrogen-bond acceptors (Lipinski definition) is 5. The molecule has 1 fully saturated rings. The lowest BCUT2D eigenvalue weighted by Gasteiger charge is -2.26. The number of carbonyl (C=O) groups is 1. The Morgan fingerprint density at radius 3 is 2.79 bits per heavy atom. The number of nitro groups is 1. The van der Waals surface area contributed by atoms with Gasteiger partial charge in [-0.05, 0) is 30.9 Å². The Balaban J connectivity index is 1.97. The van der Waals surface area contributed by atoms with Crippen molar-refractivity contribution in [3.8, 4) is 0 Å². The van der Waals surface area contributed by atoms with E-state index in [0.29, 0.717) is 6.67 Å². The maximum absolute atomic E-state index is 11.9. The standard InChI is InChI=1S/C11H17N5O3/c1-14-7-9(10(13-14)16(18)19)11(17)12-8-15-5-3-2-4-6-15/h7H,2-6,8H2,1H3,(H,12,17). The van der Waals surface area contributed by atoms with Crippen LogP contribution in [-0.4, -0.2) is 45.3 Å². The molecule has 2 rings (SSSR count). The zero-order valence-corrected chi connectivity index (χ0v) is 10.8. The van der Waals surface area contributed by atoms with Gasteiger partial charge in [0, 0.05) is 0 Å². The van der Waals surface area contributed by atoms with Crippen molar-refractivity contribution < 1.29 is 9.72 Å². The van der Waals surface area contributed by atoms with Crippen LogP contribution in [0.3, 0.4) is 0 Å². The molecule has 0 unspecified atom stereocenters. The van der Waals surface area contributed by atoms with Crippen LogP contribution < -0.4 is 5.32 Å². The molecule has 8 heteroatoms. The number of nitrogens with zero attached hydrogens (tertiary/aromatic N) is 4. The zero-order valence-electron chi connectivity index (χ0n) is 10.8. The number of aromatic nitrogens is 2. The number of likely N-dealkylation sites (tertiary alicyclic amines) is 1. The van der Waals surface area contributed by atoms with Crippen LogP contribution in [0.25, 0.3) is 0 Å². The lowest BCUT2D eigenvalue weighted by Crippen LogP contribution is -2.40. The van der Waals surface area contributed by atoms with E-state index >= 15 is 0 Å². The quantitative estimate of drug-likeness (QED) is 0.633. The van der Waals surface area contributed by atoms with E-state index in [1.54, 1.807) is 7.05 Å². The van der Waals surface area contributed by atoms with Gasteiger partial charge in [-0.25, -0.2) is 0 Å². The largest absolute Gasteiger partial charge is 0.402 e. The minimum Gasteiger partial charge on any atom is -0.358 e. The van der Waals surface area contributed by atoms with Gasteiger partial charge >= 0.3 is 5.82 Å². The summed E-state index contributed by atoms with van der Waals surface area (Å²) in [4.78, 5) is 24.2. The maximum atomic E-state index is 11.9. The van der Waals surface area contributed by atoms with Crippen molar-refractivity contribution in [2.75, 3.05) is 19.8 Å². The molecule has 8 nitrogen and oxygen atoms in total. The minimum atomic E-state index is -0.643. The third kappa shape index (κ3) is 3.28. The molecule has 1 aromatic rings. The van der Waals surface area contributed by atoms with Gasteiger partial charge in [-0.2, -0.15) is 4.68 Å². The van der Waals surface area contributed by atoms with Crippen LogP contribution in [-0.2, 0) is 7.05 Å². The van der Waals surface area contributed by atoms with Gasteiger partial charge in [0.25, 0.3) is 5.91 Å². The Bertz CT molecular complexity index is 479. The van der Waals surface area contributed by atoms with E-state index in [1.165, 1.54) is 17.3 Å². The molecule has 1 saturated heterocycles. The lowest BCUT2D eigenvalue weighted by atomic mass is 10.1. The molecule has 0 aliphatic carbocycles. The Labute approximate surface area is 110 Å². The van der Waals surface area contributed by atoms with E-state index in [2.05, 4.69) is 15.3 Å². The van der Waals surface area contributed by atoms with Crippen LogP contribution >= 0.6 is 0 Å². The third-order valence-electron chi connectivity index (χ3n) is 3.14. The first-order chi connectivity index (χ1) is 9.08. The Morgan fingerprint density at radius 1 is 1.47 bits per heavy atom. The van der Waals surface area contributed by atoms with E-state index in [9.17, 15) is 14.9 Å². The summed E-state index contributed by atoms with van der Waals surface area (Å²) in [6.45, 7) is 2.33. The SMILES string of the molecule is Cn1cc(C(=O)NCN2CCCCC2)c([N+](=O)[O-])n1. The highest BCUT2D eigenvalue weighted by Crippen LogP contribution is 2.15. The highest BCUT2D eigenvalue weighted by Gasteiger charge is 2.25. The molecule has 0 bridgehead atoms. The summed E-state index contributed by atoms with van der Waals surface area (Å²) in [5, 5.41) is 17.2. The van der Waals surface area contributed by atoms with Crippen LogP contribution in [0.2, 0.25) is 0 Å². The second-order valence-corrected chi connectivity index (χ2v) is 4.64. The zero-order chi connectivity index (χ0) is 13.8. The number of piperidine rings is 1. The van der Waals surface area contributed by atoms with Crippen molar-refractivity contribution in [1.29, 1.82) is 0 Å². The summed E-state index contributed by atoms with van der Waals surface area (Å²) in [7, 11) is 1.55. The van der Waals surface area contributed by atoms with Crippen LogP contribution in [0.4, 0.5) is 5.82 Å². The van der Waals surface area contributed by atoms with E-state index in [-0.39, 0.29) is 5.56 Å². The van der Waals surface area contributed by atoms with Crippen molar-refractivity contribution in [3.05, 3.63) is 21.9 Å². The number of carbonyl (C=O) groups excluding carboxylic acids is 1. The Morgan fingerprint density at radius 2 is 2.16 bits per heavy atom. The van der Waals surface area contributed by atoms with Crippen LogP contribution in [0.1, 0.15) is 29.6 Å². The van der Waals surface area contributed by atoms with Gasteiger partial charge < -0.3 is 15.4 Å². The molecule has 0 saturated carbocycles. The van der Waals surface area contributed by atoms with Gasteiger partial charge in [0.15, 0.2) is 5.56 Å². The first-order valence-electron chi connectivity index (χ1n) is 6.26. The molecule has 0 radical (unpaired) electrons. The smallest absolute Gasteiger partial charge is 0.358 e. The summed E-state index contributed by atoms with van der Waals surface area (Å²) >= 11 is 0. The van der Waals surface area contributed by atoms with Crippen LogP contribution in [0.15, 0.2) is 6.20 Å². The molecule has 104 valence electrons. The first kappa shape index (κ1) is 13.5. The van der Waals surface area contributed by atoms with Gasteiger partial charge in [-0.1, -0.05) is 6.42 Å². The van der Waals surface area contributed by atoms with Gasteiger partial charge in [0.1, 0.15) is 0 Å². The summed E-state index contributed by atoms with van der Waals surface area (Å²) in [5.41, 5.74) is 0.00418. The van der Waals surface area contributed by atoms with Crippen molar-refractivity contribution in [1.82, 2.24) is 20.0 Å². The van der Waals surface area contributed by atoms with E-state index < -0.39 is 16.6 Å². The summed E-state index contributed by atoms with van der Waals surface area (Å²) in [5.74, 6) is -0.857. The molecule has 1 aromatic heterocycles. The molecule has 0 atom stereocenters. The van der Waals surface area contributed by atoms with Crippen molar-refractivity contribution in [3.63, 3.8) is 0 Å². The summed E-state index contributed by atoms with van der Waals surface area (Å²) in [6.07, 6.45) is 4.84. The lowest BCUT2D eigenvalue weighted by molar-refractivity contribution is -0.390. The highest BCUT2D eigenvalue weighted by molar-refractivity contribution is 5.97. The predicted octanol–water partition coefficient (Wildman–Crippen LogP) is 0.502. The topological polar surface area (TPSA) is 93.3 Å². The molecule has 0 aromatic carbocycles. The second-order valence-electron chi connectivity index (χ2n) is 4.64. The highest BCUT2D eigenvalue weighted by atomic mass is 16.6. The molecule has 1 aliphatic rings. The minimum absolute atomic E-state index is 0.00418. The maximum Gasteiger partial charge on any atom is 0.402 e. The van der Waals surface area contributed by atoms with E-state index in [4.69, 9.17) is 0 Å². The predicted molar refractivity (Wildman–Crippen MR) is 67.6 cm³/mol. The number of hydrogen-bond donors (Lipinski definition) is 1. The molecular formula is C11H17N5O3. The average Bonchev–Trinajstić information content (AvgIpc) is 2.79.